The predicted molar refractivity (Wildman–Crippen MR) is 115 cm³/mol. The number of unbranched alkanes of at least 4 members (excludes halogenated alkanes) is 1. The van der Waals surface area contributed by atoms with E-state index < -0.39 is 0 Å². The summed E-state index contributed by atoms with van der Waals surface area (Å²) in [4.78, 5) is 24.3. The van der Waals surface area contributed by atoms with Crippen LogP contribution in [0.1, 0.15) is 30.1 Å². The van der Waals surface area contributed by atoms with Crippen LogP contribution >= 0.6 is 0 Å². The van der Waals surface area contributed by atoms with Gasteiger partial charge in [0, 0.05) is 30.6 Å². The van der Waals surface area contributed by atoms with E-state index in [2.05, 4.69) is 22.9 Å². The molecule has 0 saturated carbocycles. The number of amides is 2. The summed E-state index contributed by atoms with van der Waals surface area (Å²) in [6, 6.07) is 14.3. The van der Waals surface area contributed by atoms with Gasteiger partial charge in [-0.3, -0.25) is 9.59 Å². The zero-order valence-corrected chi connectivity index (χ0v) is 17.0. The first kappa shape index (κ1) is 22.2. The summed E-state index contributed by atoms with van der Waals surface area (Å²) in [6.07, 6.45) is 2.12. The Morgan fingerprint density at radius 3 is 2.52 bits per heavy atom. The van der Waals surface area contributed by atoms with E-state index in [9.17, 15) is 9.59 Å². The zero-order chi connectivity index (χ0) is 20.9. The third-order valence-corrected chi connectivity index (χ3v) is 4.07. The number of benzene rings is 2. The summed E-state index contributed by atoms with van der Waals surface area (Å²) < 4.78 is 10.5. The molecule has 2 amide bonds. The Hall–Kier alpha value is -3.06. The Labute approximate surface area is 171 Å². The molecule has 0 aliphatic heterocycles. The van der Waals surface area contributed by atoms with E-state index in [0.29, 0.717) is 31.0 Å². The molecule has 0 aromatic heterocycles. The predicted octanol–water partition coefficient (Wildman–Crippen LogP) is 3.29. The normalized spacial score (nSPS) is 10.3. The smallest absolute Gasteiger partial charge is 0.251 e. The molecular formula is C22H29N3O4. The molecule has 0 radical (unpaired) electrons. The van der Waals surface area contributed by atoms with Crippen molar-refractivity contribution in [2.75, 3.05) is 44.0 Å². The highest BCUT2D eigenvalue weighted by Crippen LogP contribution is 2.16. The second kappa shape index (κ2) is 12.4. The molecule has 0 saturated heterocycles. The fourth-order valence-corrected chi connectivity index (χ4v) is 2.50. The van der Waals surface area contributed by atoms with E-state index in [4.69, 9.17) is 9.47 Å². The molecule has 0 spiro atoms. The van der Waals surface area contributed by atoms with Crippen LogP contribution < -0.4 is 20.7 Å². The quantitative estimate of drug-likeness (QED) is 0.477. The molecule has 7 nitrogen and oxygen atoms in total. The third-order valence-electron chi connectivity index (χ3n) is 4.07. The van der Waals surface area contributed by atoms with Gasteiger partial charge in [0.05, 0.1) is 19.8 Å². The maximum Gasteiger partial charge on any atom is 0.251 e. The molecule has 0 aliphatic carbocycles. The molecule has 7 heteroatoms. The van der Waals surface area contributed by atoms with Crippen molar-refractivity contribution in [1.29, 1.82) is 0 Å². The number of nitrogens with one attached hydrogen (secondary N) is 3. The molecule has 156 valence electrons. The largest absolute Gasteiger partial charge is 0.494 e. The van der Waals surface area contributed by atoms with E-state index in [1.54, 1.807) is 31.4 Å². The summed E-state index contributed by atoms with van der Waals surface area (Å²) >= 11 is 0. The molecular weight excluding hydrogens is 370 g/mol. The second-order valence-corrected chi connectivity index (χ2v) is 6.46. The lowest BCUT2D eigenvalue weighted by atomic mass is 10.2. The maximum atomic E-state index is 12.2. The maximum absolute atomic E-state index is 12.2. The van der Waals surface area contributed by atoms with Crippen molar-refractivity contribution in [3.8, 4) is 5.75 Å². The summed E-state index contributed by atoms with van der Waals surface area (Å²) in [5.41, 5.74) is 1.87. The van der Waals surface area contributed by atoms with E-state index in [0.717, 1.165) is 24.3 Å². The lowest BCUT2D eigenvalue weighted by Gasteiger charge is -2.10. The van der Waals surface area contributed by atoms with Gasteiger partial charge < -0.3 is 25.4 Å². The van der Waals surface area contributed by atoms with Crippen molar-refractivity contribution in [3.63, 3.8) is 0 Å². The number of anilines is 2. The van der Waals surface area contributed by atoms with Gasteiger partial charge in [-0.2, -0.15) is 0 Å². The minimum atomic E-state index is -0.211. The van der Waals surface area contributed by atoms with Crippen LogP contribution in [-0.4, -0.2) is 45.2 Å². The fraction of sp³-hybridized carbons (Fsp3) is 0.364. The Morgan fingerprint density at radius 2 is 1.79 bits per heavy atom. The number of carbonyl (C=O) groups is 2. The molecule has 2 rings (SSSR count). The highest BCUT2D eigenvalue weighted by molar-refractivity contribution is 5.98. The van der Waals surface area contributed by atoms with E-state index in [1.807, 2.05) is 24.3 Å². The van der Waals surface area contributed by atoms with Crippen LogP contribution in [0.2, 0.25) is 0 Å². The molecule has 2 aromatic carbocycles. The molecule has 29 heavy (non-hydrogen) atoms. The Kier molecular flexibility index (Phi) is 9.51. The minimum Gasteiger partial charge on any atom is -0.494 e. The molecule has 2 aromatic rings. The van der Waals surface area contributed by atoms with Gasteiger partial charge in [-0.1, -0.05) is 19.4 Å². The van der Waals surface area contributed by atoms with Crippen LogP contribution in [0.5, 0.6) is 5.75 Å². The van der Waals surface area contributed by atoms with Gasteiger partial charge in [0.2, 0.25) is 5.91 Å². The van der Waals surface area contributed by atoms with Crippen LogP contribution in [0.3, 0.4) is 0 Å². The van der Waals surface area contributed by atoms with Crippen LogP contribution in [0.15, 0.2) is 48.5 Å². The number of hydrogen-bond donors (Lipinski definition) is 3. The van der Waals surface area contributed by atoms with Crippen LogP contribution in [0.25, 0.3) is 0 Å². The van der Waals surface area contributed by atoms with Gasteiger partial charge in [-0.05, 0) is 48.9 Å². The number of carbonyl (C=O) groups excluding carboxylic acids is 2. The Bertz CT molecular complexity index is 778. The zero-order valence-electron chi connectivity index (χ0n) is 17.0. The molecule has 0 unspecified atom stereocenters. The van der Waals surface area contributed by atoms with Gasteiger partial charge >= 0.3 is 0 Å². The van der Waals surface area contributed by atoms with Gasteiger partial charge in [0.1, 0.15) is 5.75 Å². The fourth-order valence-electron chi connectivity index (χ4n) is 2.50. The molecule has 0 heterocycles. The average molecular weight is 399 g/mol. The number of hydrogen-bond acceptors (Lipinski definition) is 5. The van der Waals surface area contributed by atoms with Crippen LogP contribution in [0.4, 0.5) is 11.4 Å². The summed E-state index contributed by atoms with van der Waals surface area (Å²) in [7, 11) is 1.58. The number of methoxy groups -OCH3 is 1. The van der Waals surface area contributed by atoms with Crippen molar-refractivity contribution >= 4 is 23.2 Å². The van der Waals surface area contributed by atoms with Crippen LogP contribution in [-0.2, 0) is 9.53 Å². The first-order chi connectivity index (χ1) is 14.1. The molecule has 0 atom stereocenters. The van der Waals surface area contributed by atoms with E-state index in [-0.39, 0.29) is 18.4 Å². The van der Waals surface area contributed by atoms with Crippen molar-refractivity contribution in [2.24, 2.45) is 0 Å². The third kappa shape index (κ3) is 8.23. The van der Waals surface area contributed by atoms with Crippen LogP contribution in [0, 0.1) is 0 Å². The Balaban J connectivity index is 1.80. The summed E-state index contributed by atoms with van der Waals surface area (Å²) in [6.45, 7) is 3.81. The molecule has 0 bridgehead atoms. The van der Waals surface area contributed by atoms with Crippen molar-refractivity contribution in [3.05, 3.63) is 54.1 Å². The highest BCUT2D eigenvalue weighted by atomic mass is 16.5. The van der Waals surface area contributed by atoms with Crippen molar-refractivity contribution < 1.29 is 19.1 Å². The van der Waals surface area contributed by atoms with Gasteiger partial charge in [0.15, 0.2) is 0 Å². The van der Waals surface area contributed by atoms with Gasteiger partial charge in [-0.25, -0.2) is 0 Å². The molecule has 0 aliphatic rings. The Morgan fingerprint density at radius 1 is 1.00 bits per heavy atom. The topological polar surface area (TPSA) is 88.7 Å². The standard InChI is InChI=1S/C22H29N3O4/c1-3-4-13-29-20-10-8-18(9-11-20)24-16-21(26)25-19-7-5-6-17(15-19)22(27)23-12-14-28-2/h5-11,15,24H,3-4,12-14,16H2,1-2H3,(H,23,27)(H,25,26). The highest BCUT2D eigenvalue weighted by Gasteiger charge is 2.08. The average Bonchev–Trinajstić information content (AvgIpc) is 2.73. The lowest BCUT2D eigenvalue weighted by Crippen LogP contribution is -2.27. The number of rotatable bonds is 12. The van der Waals surface area contributed by atoms with E-state index >= 15 is 0 Å². The minimum absolute atomic E-state index is 0.111. The SMILES string of the molecule is CCCCOc1ccc(NCC(=O)Nc2cccc(C(=O)NCCOC)c2)cc1. The van der Waals surface area contributed by atoms with Gasteiger partial charge in [-0.15, -0.1) is 0 Å². The van der Waals surface area contributed by atoms with Gasteiger partial charge in [0.25, 0.3) is 5.91 Å². The molecule has 0 fully saturated rings. The molecule has 3 N–H and O–H groups in total. The first-order valence-corrected chi connectivity index (χ1v) is 9.76. The van der Waals surface area contributed by atoms with Crippen molar-refractivity contribution in [1.82, 2.24) is 5.32 Å². The first-order valence-electron chi connectivity index (χ1n) is 9.76. The second-order valence-electron chi connectivity index (χ2n) is 6.46. The van der Waals surface area contributed by atoms with Crippen molar-refractivity contribution in [2.45, 2.75) is 19.8 Å². The lowest BCUT2D eigenvalue weighted by molar-refractivity contribution is -0.114. The van der Waals surface area contributed by atoms with E-state index in [1.165, 1.54) is 0 Å². The number of ether oxygens (including phenoxy) is 2. The summed E-state index contributed by atoms with van der Waals surface area (Å²) in [5.74, 6) is 0.400. The summed E-state index contributed by atoms with van der Waals surface area (Å²) in [5, 5.41) is 8.61. The monoisotopic (exact) mass is 399 g/mol.